The SMILES string of the molecule is CC(=O)NCCCc1ccc(C(=O)COC(=O)c2cnccn2)cc1. The fourth-order valence-electron chi connectivity index (χ4n) is 2.11. The number of rotatable bonds is 8. The van der Waals surface area contributed by atoms with Gasteiger partial charge in [0.2, 0.25) is 5.91 Å². The molecule has 0 aliphatic heterocycles. The summed E-state index contributed by atoms with van der Waals surface area (Å²) in [5.74, 6) is -1.02. The lowest BCUT2D eigenvalue weighted by atomic mass is 10.1. The molecule has 0 saturated carbocycles. The topological polar surface area (TPSA) is 98.2 Å². The van der Waals surface area contributed by atoms with Crippen molar-refractivity contribution in [3.8, 4) is 0 Å². The van der Waals surface area contributed by atoms with Gasteiger partial charge in [-0.1, -0.05) is 24.3 Å². The number of aromatic nitrogens is 2. The van der Waals surface area contributed by atoms with Crippen molar-refractivity contribution in [3.05, 3.63) is 59.7 Å². The minimum absolute atomic E-state index is 0.0445. The molecule has 1 aromatic heterocycles. The second kappa shape index (κ2) is 9.27. The van der Waals surface area contributed by atoms with Gasteiger partial charge in [-0.25, -0.2) is 9.78 Å². The number of carbonyl (C=O) groups is 3. The quantitative estimate of drug-likeness (QED) is 0.445. The normalized spacial score (nSPS) is 10.1. The van der Waals surface area contributed by atoms with Crippen LogP contribution in [0.3, 0.4) is 0 Å². The molecule has 0 aliphatic carbocycles. The minimum atomic E-state index is -0.684. The van der Waals surface area contributed by atoms with Crippen LogP contribution >= 0.6 is 0 Å². The summed E-state index contributed by atoms with van der Waals surface area (Å²) in [7, 11) is 0. The van der Waals surface area contributed by atoms with Crippen LogP contribution in [0.5, 0.6) is 0 Å². The van der Waals surface area contributed by atoms with Crippen molar-refractivity contribution in [1.82, 2.24) is 15.3 Å². The van der Waals surface area contributed by atoms with Crippen LogP contribution in [0.15, 0.2) is 42.9 Å². The first-order chi connectivity index (χ1) is 12.1. The molecule has 0 atom stereocenters. The maximum absolute atomic E-state index is 12.1. The number of carbonyl (C=O) groups excluding carboxylic acids is 3. The number of amides is 1. The molecule has 2 aromatic rings. The second-order valence-electron chi connectivity index (χ2n) is 5.37. The van der Waals surface area contributed by atoms with Gasteiger partial charge in [0.15, 0.2) is 18.1 Å². The molecule has 7 heteroatoms. The third-order valence-corrected chi connectivity index (χ3v) is 3.40. The summed E-state index contributed by atoms with van der Waals surface area (Å²) >= 11 is 0. The van der Waals surface area contributed by atoms with Gasteiger partial charge in [0.1, 0.15) is 0 Å². The lowest BCUT2D eigenvalue weighted by Gasteiger charge is -2.06. The van der Waals surface area contributed by atoms with E-state index < -0.39 is 5.97 Å². The number of benzene rings is 1. The summed E-state index contributed by atoms with van der Waals surface area (Å²) in [5.41, 5.74) is 1.60. The molecule has 0 spiro atoms. The van der Waals surface area contributed by atoms with Crippen LogP contribution in [0.4, 0.5) is 0 Å². The predicted octanol–water partition coefficient (Wildman–Crippen LogP) is 1.58. The number of nitrogens with one attached hydrogen (secondary N) is 1. The lowest BCUT2D eigenvalue weighted by Crippen LogP contribution is -2.21. The van der Waals surface area contributed by atoms with Gasteiger partial charge in [-0.3, -0.25) is 14.6 Å². The van der Waals surface area contributed by atoms with Gasteiger partial charge in [0.05, 0.1) is 6.20 Å². The van der Waals surface area contributed by atoms with E-state index in [9.17, 15) is 14.4 Å². The van der Waals surface area contributed by atoms with Crippen molar-refractivity contribution in [3.63, 3.8) is 0 Å². The molecular weight excluding hydrogens is 322 g/mol. The Labute approximate surface area is 145 Å². The Kier molecular flexibility index (Phi) is 6.76. The van der Waals surface area contributed by atoms with E-state index in [1.54, 1.807) is 12.1 Å². The molecule has 130 valence electrons. The van der Waals surface area contributed by atoms with E-state index in [0.717, 1.165) is 18.4 Å². The smallest absolute Gasteiger partial charge is 0.358 e. The first-order valence-electron chi connectivity index (χ1n) is 7.86. The van der Waals surface area contributed by atoms with Crippen LogP contribution in [-0.2, 0) is 16.0 Å². The summed E-state index contributed by atoms with van der Waals surface area (Å²) in [5, 5.41) is 2.74. The highest BCUT2D eigenvalue weighted by Crippen LogP contribution is 2.08. The average molecular weight is 341 g/mol. The molecule has 1 amide bonds. The molecule has 0 bridgehead atoms. The zero-order valence-electron chi connectivity index (χ0n) is 13.9. The Hall–Kier alpha value is -3.09. The molecule has 0 saturated heterocycles. The highest BCUT2D eigenvalue weighted by atomic mass is 16.5. The molecule has 1 N–H and O–H groups in total. The molecule has 25 heavy (non-hydrogen) atoms. The average Bonchev–Trinajstić information content (AvgIpc) is 2.64. The van der Waals surface area contributed by atoms with Gasteiger partial charge >= 0.3 is 5.97 Å². The third kappa shape index (κ3) is 6.14. The van der Waals surface area contributed by atoms with Crippen molar-refractivity contribution in [2.75, 3.05) is 13.2 Å². The van der Waals surface area contributed by atoms with Crippen LogP contribution in [0.2, 0.25) is 0 Å². The van der Waals surface area contributed by atoms with E-state index in [2.05, 4.69) is 15.3 Å². The van der Waals surface area contributed by atoms with Gasteiger partial charge in [0.25, 0.3) is 0 Å². The van der Waals surface area contributed by atoms with Gasteiger partial charge in [0, 0.05) is 31.4 Å². The second-order valence-corrected chi connectivity index (χ2v) is 5.37. The van der Waals surface area contributed by atoms with Crippen molar-refractivity contribution < 1.29 is 19.1 Å². The molecule has 1 aromatic carbocycles. The monoisotopic (exact) mass is 341 g/mol. The summed E-state index contributed by atoms with van der Waals surface area (Å²) < 4.78 is 4.95. The Balaban J connectivity index is 1.80. The number of esters is 1. The number of aryl methyl sites for hydroxylation is 1. The van der Waals surface area contributed by atoms with Crippen LogP contribution in [-0.4, -0.2) is 40.8 Å². The molecule has 0 aliphatic rings. The van der Waals surface area contributed by atoms with Gasteiger partial charge in [-0.15, -0.1) is 0 Å². The molecule has 1 heterocycles. The highest BCUT2D eigenvalue weighted by molar-refractivity contribution is 5.99. The number of nitrogens with zero attached hydrogens (tertiary/aromatic N) is 2. The Morgan fingerprint density at radius 3 is 2.52 bits per heavy atom. The minimum Gasteiger partial charge on any atom is -0.453 e. The highest BCUT2D eigenvalue weighted by Gasteiger charge is 2.12. The Morgan fingerprint density at radius 2 is 1.88 bits per heavy atom. The standard InChI is InChI=1S/C18H19N3O4/c1-13(22)20-8-2-3-14-4-6-15(7-5-14)17(23)12-25-18(24)16-11-19-9-10-21-16/h4-7,9-11H,2-3,8,12H2,1H3,(H,20,22). The number of ketones is 1. The Morgan fingerprint density at radius 1 is 1.12 bits per heavy atom. The number of Topliss-reactive ketones (excluding diaryl/α,β-unsaturated/α-hetero) is 1. The van der Waals surface area contributed by atoms with Crippen molar-refractivity contribution >= 4 is 17.7 Å². The molecular formula is C18H19N3O4. The predicted molar refractivity (Wildman–Crippen MR) is 90.1 cm³/mol. The van der Waals surface area contributed by atoms with E-state index in [0.29, 0.717) is 12.1 Å². The number of ether oxygens (including phenoxy) is 1. The summed E-state index contributed by atoms with van der Waals surface area (Å²) in [6, 6.07) is 7.11. The van der Waals surface area contributed by atoms with Crippen molar-refractivity contribution in [2.45, 2.75) is 19.8 Å². The number of hydrogen-bond acceptors (Lipinski definition) is 6. The zero-order valence-corrected chi connectivity index (χ0v) is 13.9. The van der Waals surface area contributed by atoms with Gasteiger partial charge in [-0.05, 0) is 18.4 Å². The fraction of sp³-hybridized carbons (Fsp3) is 0.278. The molecule has 0 radical (unpaired) electrons. The van der Waals surface area contributed by atoms with E-state index in [-0.39, 0.29) is 24.0 Å². The molecule has 0 fully saturated rings. The van der Waals surface area contributed by atoms with E-state index >= 15 is 0 Å². The zero-order chi connectivity index (χ0) is 18.1. The first kappa shape index (κ1) is 18.3. The van der Waals surface area contributed by atoms with E-state index in [1.165, 1.54) is 25.5 Å². The molecule has 0 unspecified atom stereocenters. The van der Waals surface area contributed by atoms with Crippen molar-refractivity contribution in [1.29, 1.82) is 0 Å². The summed E-state index contributed by atoms with van der Waals surface area (Å²) in [6.45, 7) is 1.75. The molecule has 7 nitrogen and oxygen atoms in total. The fourth-order valence-corrected chi connectivity index (χ4v) is 2.11. The molecule has 2 rings (SSSR count). The largest absolute Gasteiger partial charge is 0.453 e. The van der Waals surface area contributed by atoms with Crippen LogP contribution in [0, 0.1) is 0 Å². The third-order valence-electron chi connectivity index (χ3n) is 3.40. The summed E-state index contributed by atoms with van der Waals surface area (Å²) in [4.78, 5) is 42.2. The maximum Gasteiger partial charge on any atom is 0.358 e. The van der Waals surface area contributed by atoms with Crippen LogP contribution < -0.4 is 5.32 Å². The van der Waals surface area contributed by atoms with Crippen LogP contribution in [0.1, 0.15) is 39.8 Å². The Bertz CT molecular complexity index is 730. The first-order valence-corrected chi connectivity index (χ1v) is 7.86. The maximum atomic E-state index is 12.1. The van der Waals surface area contributed by atoms with E-state index in [4.69, 9.17) is 4.74 Å². The van der Waals surface area contributed by atoms with Crippen molar-refractivity contribution in [2.24, 2.45) is 0 Å². The van der Waals surface area contributed by atoms with Crippen LogP contribution in [0.25, 0.3) is 0 Å². The lowest BCUT2D eigenvalue weighted by molar-refractivity contribution is -0.118. The van der Waals surface area contributed by atoms with Gasteiger partial charge in [-0.2, -0.15) is 0 Å². The van der Waals surface area contributed by atoms with E-state index in [1.807, 2.05) is 12.1 Å². The van der Waals surface area contributed by atoms with Gasteiger partial charge < -0.3 is 10.1 Å². The summed E-state index contributed by atoms with van der Waals surface area (Å²) in [6.07, 6.45) is 5.73. The number of hydrogen-bond donors (Lipinski definition) is 1.